The van der Waals surface area contributed by atoms with Crippen molar-refractivity contribution >= 4 is 74.5 Å². The lowest BCUT2D eigenvalue weighted by Crippen LogP contribution is -2.41. The zero-order chi connectivity index (χ0) is 41.7. The van der Waals surface area contributed by atoms with Gasteiger partial charge in [0.1, 0.15) is 5.94 Å². The fourth-order valence-corrected chi connectivity index (χ4v) is 8.75. The molecule has 0 aromatic heterocycles. The van der Waals surface area contributed by atoms with Crippen LogP contribution in [-0.2, 0) is 87.2 Å². The summed E-state index contributed by atoms with van der Waals surface area (Å²) in [6, 6.07) is 0. The molecule has 4 amide bonds. The first-order valence-corrected chi connectivity index (χ1v) is 23.9. The molecule has 318 valence electrons. The fourth-order valence-electron chi connectivity index (χ4n) is 3.79. The van der Waals surface area contributed by atoms with E-state index in [1.807, 2.05) is 0 Å². The Morgan fingerprint density at radius 1 is 0.582 bits per heavy atom. The van der Waals surface area contributed by atoms with Crippen LogP contribution >= 0.6 is 50.9 Å². The molecule has 2 aliphatic rings. The van der Waals surface area contributed by atoms with E-state index in [1.54, 1.807) is 0 Å². The summed E-state index contributed by atoms with van der Waals surface area (Å²) >= 11 is 0.699. The molecular formula is C23H41N2O24P5S. The lowest BCUT2D eigenvalue weighted by molar-refractivity contribution is -0.142. The Balaban J connectivity index is 1.56. The molecule has 1 saturated heterocycles. The highest BCUT2D eigenvalue weighted by atomic mass is 32.2. The van der Waals surface area contributed by atoms with Crippen LogP contribution in [0.3, 0.4) is 0 Å². The van der Waals surface area contributed by atoms with Crippen LogP contribution in [0, 0.1) is 0 Å². The number of imide groups is 2. The van der Waals surface area contributed by atoms with Crippen molar-refractivity contribution in [2.24, 2.45) is 0 Å². The second-order valence-corrected chi connectivity index (χ2v) is 19.7. The van der Waals surface area contributed by atoms with Crippen molar-refractivity contribution in [3.05, 3.63) is 12.2 Å². The Kier molecular flexibility index (Phi) is 19.8. The van der Waals surface area contributed by atoms with Gasteiger partial charge in [-0.15, -0.1) is 11.8 Å². The molecule has 2 rings (SSSR count). The summed E-state index contributed by atoms with van der Waals surface area (Å²) in [5.74, 6) is -3.01. The van der Waals surface area contributed by atoms with Crippen LogP contribution in [0.2, 0.25) is 0 Å². The van der Waals surface area contributed by atoms with Crippen molar-refractivity contribution in [2.45, 2.75) is 38.0 Å². The van der Waals surface area contributed by atoms with Gasteiger partial charge >= 0.3 is 39.1 Å². The van der Waals surface area contributed by atoms with Crippen molar-refractivity contribution in [2.75, 3.05) is 71.9 Å². The average Bonchev–Trinajstić information content (AvgIpc) is 3.50. The minimum Gasteiger partial charge on any atom is -0.302 e. The first-order chi connectivity index (χ1) is 25.2. The van der Waals surface area contributed by atoms with Crippen LogP contribution in [-0.4, -0.2) is 141 Å². The summed E-state index contributed by atoms with van der Waals surface area (Å²) in [5.41, 5.74) is -1.02. The Labute approximate surface area is 317 Å². The van der Waals surface area contributed by atoms with Crippen LogP contribution in [0.5, 0.6) is 0 Å². The van der Waals surface area contributed by atoms with Crippen molar-refractivity contribution in [1.29, 1.82) is 0 Å². The molecule has 2 aliphatic heterocycles. The molecule has 0 saturated carbocycles. The minimum atomic E-state index is -4.85. The van der Waals surface area contributed by atoms with E-state index in [0.717, 1.165) is 22.0 Å². The first-order valence-electron chi connectivity index (χ1n) is 15.4. The molecule has 0 aromatic carbocycles. The van der Waals surface area contributed by atoms with Crippen molar-refractivity contribution in [1.82, 2.24) is 9.80 Å². The summed E-state index contributed by atoms with van der Waals surface area (Å²) in [6.07, 6.45) is 1.83. The predicted octanol–water partition coefficient (Wildman–Crippen LogP) is 1.20. The van der Waals surface area contributed by atoms with Gasteiger partial charge < -0.3 is 24.5 Å². The van der Waals surface area contributed by atoms with Crippen LogP contribution in [0.15, 0.2) is 12.2 Å². The van der Waals surface area contributed by atoms with Gasteiger partial charge in [-0.1, -0.05) is 0 Å². The van der Waals surface area contributed by atoms with E-state index in [-0.39, 0.29) is 19.5 Å². The van der Waals surface area contributed by atoms with Gasteiger partial charge in [-0.2, -0.15) is 0 Å². The Hall–Kier alpha value is -1.08. The number of amides is 4. The highest BCUT2D eigenvalue weighted by Crippen LogP contribution is 2.49. The van der Waals surface area contributed by atoms with E-state index in [2.05, 4.69) is 36.2 Å². The summed E-state index contributed by atoms with van der Waals surface area (Å²) in [7, 11) is -23.7. The van der Waals surface area contributed by atoms with Crippen molar-refractivity contribution in [3.63, 3.8) is 0 Å². The Morgan fingerprint density at radius 2 is 0.909 bits per heavy atom. The topological polar surface area (TPSA) is 354 Å². The van der Waals surface area contributed by atoms with Gasteiger partial charge in [-0.05, 0) is 20.8 Å². The molecule has 32 heteroatoms. The predicted molar refractivity (Wildman–Crippen MR) is 182 cm³/mol. The molecule has 0 bridgehead atoms. The molecule has 1 fully saturated rings. The molecule has 2 heterocycles. The summed E-state index contributed by atoms with van der Waals surface area (Å²) < 4.78 is 105. The molecule has 6 unspecified atom stereocenters. The molecular weight excluding hydrogens is 875 g/mol. The zero-order valence-electron chi connectivity index (χ0n) is 29.2. The number of likely N-dealkylation sites (tertiary alicyclic amines) is 1. The van der Waals surface area contributed by atoms with Crippen LogP contribution < -0.4 is 0 Å². The normalized spacial score (nSPS) is 22.1. The highest BCUT2D eigenvalue weighted by molar-refractivity contribution is 8.00. The van der Waals surface area contributed by atoms with Gasteiger partial charge in [0.2, 0.25) is 11.8 Å². The summed E-state index contributed by atoms with van der Waals surface area (Å²) in [4.78, 5) is 98.0. The van der Waals surface area contributed by atoms with Crippen molar-refractivity contribution in [3.8, 4) is 0 Å². The standard InChI is InChI=1S/C23H41N2O24P5S/c1-23(2,3)49-54(38,39)47-15-14-45-52(34,35)43-11-10-41-50(30,31)40-8-9-42-51(32,33)44-12-13-46-53(36,37)48-17-55-18-16-21(28)25(22(18)29)7-6-24-19(26)4-5-20(24)27/h4-5,18H,6-17H2,1-3H3,(H,30,31)(H,32,33)(H,34,35)(H,36,37)(H,38,39). The largest absolute Gasteiger partial charge is 0.473 e. The van der Waals surface area contributed by atoms with Crippen LogP contribution in [0.25, 0.3) is 0 Å². The highest BCUT2D eigenvalue weighted by Gasteiger charge is 2.40. The van der Waals surface area contributed by atoms with Gasteiger partial charge in [0.25, 0.3) is 11.8 Å². The number of hydrogen-bond acceptors (Lipinski definition) is 20. The van der Waals surface area contributed by atoms with E-state index in [0.29, 0.717) is 11.8 Å². The van der Waals surface area contributed by atoms with Gasteiger partial charge in [0.05, 0.1) is 63.7 Å². The number of phosphoric acid groups is 5. The second kappa shape index (κ2) is 21.8. The van der Waals surface area contributed by atoms with Crippen LogP contribution in [0.1, 0.15) is 27.2 Å². The quantitative estimate of drug-likeness (QED) is 0.0318. The molecule has 26 nitrogen and oxygen atoms in total. The van der Waals surface area contributed by atoms with E-state index in [9.17, 15) is 66.5 Å². The third kappa shape index (κ3) is 20.4. The molecule has 5 N–H and O–H groups in total. The number of carbonyl (C=O) groups is 4. The molecule has 0 aromatic rings. The zero-order valence-corrected chi connectivity index (χ0v) is 34.5. The maximum atomic E-state index is 12.6. The van der Waals surface area contributed by atoms with E-state index in [4.69, 9.17) is 9.05 Å². The van der Waals surface area contributed by atoms with Crippen LogP contribution in [0.4, 0.5) is 0 Å². The number of rotatable bonds is 28. The van der Waals surface area contributed by atoms with Gasteiger partial charge in [-0.3, -0.25) is 74.2 Å². The number of phosphoric ester groups is 5. The number of hydrogen-bond donors (Lipinski definition) is 5. The SMILES string of the molecule is CC(C)(C)OP(=O)(O)OCCOP(=O)(O)OCCOP(=O)(O)OCCOP(=O)(O)OCCOP(=O)(O)OCSC1CC(=O)N(CCN2C(=O)C=CC2=O)C1=O. The Bertz CT molecular complexity index is 1620. The monoisotopic (exact) mass is 916 g/mol. The summed E-state index contributed by atoms with van der Waals surface area (Å²) in [6.45, 7) is -2.04. The van der Waals surface area contributed by atoms with E-state index >= 15 is 0 Å². The third-order valence-corrected chi connectivity index (χ3v) is 12.4. The number of carbonyl (C=O) groups excluding carboxylic acids is 4. The molecule has 0 radical (unpaired) electrons. The maximum Gasteiger partial charge on any atom is 0.473 e. The fraction of sp³-hybridized carbons (Fsp3) is 0.739. The molecule has 6 atom stereocenters. The van der Waals surface area contributed by atoms with E-state index < -0.39 is 132 Å². The molecule has 0 aliphatic carbocycles. The maximum absolute atomic E-state index is 12.6. The average molecular weight is 917 g/mol. The number of thioether (sulfide) groups is 1. The smallest absolute Gasteiger partial charge is 0.302 e. The Morgan fingerprint density at radius 3 is 1.27 bits per heavy atom. The van der Waals surface area contributed by atoms with Gasteiger partial charge in [0.15, 0.2) is 0 Å². The molecule has 0 spiro atoms. The summed E-state index contributed by atoms with van der Waals surface area (Å²) in [5, 5.41) is -0.988. The lowest BCUT2D eigenvalue weighted by atomic mass is 10.2. The van der Waals surface area contributed by atoms with Gasteiger partial charge in [0, 0.05) is 31.7 Å². The molecule has 55 heavy (non-hydrogen) atoms. The lowest BCUT2D eigenvalue weighted by Gasteiger charge is -2.22. The first kappa shape index (κ1) is 50.1. The number of nitrogens with zero attached hydrogens (tertiary/aromatic N) is 2. The van der Waals surface area contributed by atoms with Gasteiger partial charge in [-0.25, -0.2) is 22.8 Å². The second-order valence-electron chi connectivity index (χ2n) is 11.4. The van der Waals surface area contributed by atoms with E-state index in [1.165, 1.54) is 20.8 Å². The third-order valence-electron chi connectivity index (χ3n) is 5.89. The minimum absolute atomic E-state index is 0.208. The van der Waals surface area contributed by atoms with Crippen molar-refractivity contribution < 1.29 is 112 Å².